The van der Waals surface area contributed by atoms with Crippen LogP contribution < -0.4 is 5.32 Å². The molecule has 1 N–H and O–H groups in total. The van der Waals surface area contributed by atoms with Crippen LogP contribution in [0.5, 0.6) is 0 Å². The number of halogens is 3. The van der Waals surface area contributed by atoms with Gasteiger partial charge in [-0.1, -0.05) is 12.1 Å². The van der Waals surface area contributed by atoms with Crippen LogP contribution in [0.4, 0.5) is 13.2 Å². The fraction of sp³-hybridized carbons (Fsp3) is 0.316. The Bertz CT molecular complexity index is 991. The molecule has 3 rings (SSSR count). The molecule has 3 aromatic rings. The molecule has 1 amide bonds. The Balaban J connectivity index is 1.67. The van der Waals surface area contributed by atoms with Crippen LogP contribution in [0.3, 0.4) is 0 Å². The lowest BCUT2D eigenvalue weighted by atomic mass is 10.1. The second-order valence-corrected chi connectivity index (χ2v) is 6.40. The summed E-state index contributed by atoms with van der Waals surface area (Å²) >= 11 is 0. The van der Waals surface area contributed by atoms with Gasteiger partial charge in [0.1, 0.15) is 0 Å². The number of nitrogens with one attached hydrogen (secondary N) is 1. The van der Waals surface area contributed by atoms with E-state index in [1.165, 1.54) is 12.1 Å². The van der Waals surface area contributed by atoms with E-state index < -0.39 is 11.7 Å². The van der Waals surface area contributed by atoms with Gasteiger partial charge in [-0.05, 0) is 44.0 Å². The predicted octanol–water partition coefficient (Wildman–Crippen LogP) is 3.58. The number of nitrogens with zero attached hydrogens (tertiary/aromatic N) is 3. The fourth-order valence-corrected chi connectivity index (χ4v) is 2.94. The lowest BCUT2D eigenvalue weighted by molar-refractivity contribution is -0.137. The zero-order chi connectivity index (χ0) is 19.8. The molecule has 0 saturated heterocycles. The minimum Gasteiger partial charge on any atom is -0.352 e. The molecule has 1 aromatic carbocycles. The number of pyridine rings is 1. The van der Waals surface area contributed by atoms with E-state index in [0.29, 0.717) is 29.9 Å². The van der Waals surface area contributed by atoms with E-state index in [4.69, 9.17) is 0 Å². The number of aromatic nitrogens is 3. The molecule has 2 heterocycles. The summed E-state index contributed by atoms with van der Waals surface area (Å²) < 4.78 is 39.4. The molecule has 0 radical (unpaired) electrons. The van der Waals surface area contributed by atoms with E-state index >= 15 is 0 Å². The number of rotatable bonds is 4. The molecule has 5 nitrogen and oxygen atoms in total. The molecule has 0 atom stereocenters. The van der Waals surface area contributed by atoms with E-state index in [0.717, 1.165) is 28.8 Å². The van der Waals surface area contributed by atoms with E-state index in [9.17, 15) is 18.0 Å². The summed E-state index contributed by atoms with van der Waals surface area (Å²) in [6, 6.07) is 6.71. The second-order valence-electron chi connectivity index (χ2n) is 6.40. The normalized spacial score (nSPS) is 11.8. The number of carbonyl (C=O) groups is 1. The number of benzene rings is 1. The number of carbonyl (C=O) groups excluding carboxylic acids is 1. The van der Waals surface area contributed by atoms with Crippen LogP contribution >= 0.6 is 0 Å². The molecule has 2 aromatic heterocycles. The third-order valence-electron chi connectivity index (χ3n) is 4.41. The first-order valence-corrected chi connectivity index (χ1v) is 8.42. The summed E-state index contributed by atoms with van der Waals surface area (Å²) in [7, 11) is 1.80. The van der Waals surface area contributed by atoms with Crippen molar-refractivity contribution < 1.29 is 18.0 Å². The van der Waals surface area contributed by atoms with Crippen molar-refractivity contribution in [3.8, 4) is 0 Å². The Morgan fingerprint density at radius 3 is 2.44 bits per heavy atom. The van der Waals surface area contributed by atoms with Crippen molar-refractivity contribution in [1.29, 1.82) is 0 Å². The SMILES string of the molecule is Cc1nc2c(cc1C(=O)NCCc1ccc(C(F)(F)F)cc1)c(C)nn2C. The van der Waals surface area contributed by atoms with Gasteiger partial charge in [0.15, 0.2) is 5.65 Å². The molecular formula is C19H19F3N4O. The molecule has 8 heteroatoms. The van der Waals surface area contributed by atoms with E-state index in [-0.39, 0.29) is 5.91 Å². The highest BCUT2D eigenvalue weighted by atomic mass is 19.4. The van der Waals surface area contributed by atoms with Crippen LogP contribution in [0.1, 0.15) is 32.9 Å². The van der Waals surface area contributed by atoms with Gasteiger partial charge in [0, 0.05) is 19.0 Å². The minimum atomic E-state index is -4.35. The Morgan fingerprint density at radius 2 is 1.81 bits per heavy atom. The lowest BCUT2D eigenvalue weighted by Crippen LogP contribution is -2.26. The first-order valence-electron chi connectivity index (χ1n) is 8.42. The zero-order valence-corrected chi connectivity index (χ0v) is 15.2. The maximum Gasteiger partial charge on any atom is 0.416 e. The molecule has 0 unspecified atom stereocenters. The van der Waals surface area contributed by atoms with Crippen LogP contribution in [-0.2, 0) is 19.6 Å². The summed E-state index contributed by atoms with van der Waals surface area (Å²) in [6.45, 7) is 3.92. The average molecular weight is 376 g/mol. The van der Waals surface area contributed by atoms with E-state index in [1.54, 1.807) is 24.7 Å². The fourth-order valence-electron chi connectivity index (χ4n) is 2.94. The predicted molar refractivity (Wildman–Crippen MR) is 95.5 cm³/mol. The van der Waals surface area contributed by atoms with Crippen LogP contribution in [0.15, 0.2) is 30.3 Å². The highest BCUT2D eigenvalue weighted by Gasteiger charge is 2.29. The first-order chi connectivity index (χ1) is 12.7. The number of aryl methyl sites for hydroxylation is 3. The molecule has 0 spiro atoms. The molecule has 0 saturated carbocycles. The molecule has 0 bridgehead atoms. The highest BCUT2D eigenvalue weighted by molar-refractivity contribution is 5.98. The molecule has 0 fully saturated rings. The Hall–Kier alpha value is -2.90. The molecule has 27 heavy (non-hydrogen) atoms. The number of alkyl halides is 3. The van der Waals surface area contributed by atoms with Gasteiger partial charge in [-0.25, -0.2) is 4.98 Å². The summed E-state index contributed by atoms with van der Waals surface area (Å²) in [5, 5.41) is 7.91. The van der Waals surface area contributed by atoms with Crippen molar-refractivity contribution in [2.45, 2.75) is 26.4 Å². The summed E-state index contributed by atoms with van der Waals surface area (Å²) in [5.74, 6) is -0.267. The first kappa shape index (κ1) is 18.9. The third-order valence-corrected chi connectivity index (χ3v) is 4.41. The molecule has 142 valence electrons. The largest absolute Gasteiger partial charge is 0.416 e. The highest BCUT2D eigenvalue weighted by Crippen LogP contribution is 2.29. The van der Waals surface area contributed by atoms with Crippen LogP contribution in [-0.4, -0.2) is 27.2 Å². The molecule has 0 aliphatic rings. The number of amides is 1. The zero-order valence-electron chi connectivity index (χ0n) is 15.2. The number of hydrogen-bond acceptors (Lipinski definition) is 3. The van der Waals surface area contributed by atoms with Gasteiger partial charge in [-0.2, -0.15) is 18.3 Å². The molecule has 0 aliphatic carbocycles. The summed E-state index contributed by atoms with van der Waals surface area (Å²) in [5.41, 5.74) is 2.60. The third kappa shape index (κ3) is 3.94. The Kier molecular flexibility index (Phi) is 4.91. The number of hydrogen-bond donors (Lipinski definition) is 1. The van der Waals surface area contributed by atoms with Crippen LogP contribution in [0, 0.1) is 13.8 Å². The monoisotopic (exact) mass is 376 g/mol. The number of fused-ring (bicyclic) bond motifs is 1. The topological polar surface area (TPSA) is 59.8 Å². The second kappa shape index (κ2) is 7.02. The standard InChI is InChI=1S/C19H19F3N4O/c1-11-16(10-15-12(2)25-26(3)17(15)24-11)18(27)23-9-8-13-4-6-14(7-5-13)19(20,21)22/h4-7,10H,8-9H2,1-3H3,(H,23,27). The Labute approximate surface area is 154 Å². The Morgan fingerprint density at radius 1 is 1.15 bits per heavy atom. The van der Waals surface area contributed by atoms with Crippen molar-refractivity contribution in [1.82, 2.24) is 20.1 Å². The van der Waals surface area contributed by atoms with Gasteiger partial charge in [-0.3, -0.25) is 9.48 Å². The smallest absolute Gasteiger partial charge is 0.352 e. The van der Waals surface area contributed by atoms with Crippen molar-refractivity contribution in [2.75, 3.05) is 6.54 Å². The van der Waals surface area contributed by atoms with Crippen molar-refractivity contribution in [2.24, 2.45) is 7.05 Å². The van der Waals surface area contributed by atoms with E-state index in [2.05, 4.69) is 15.4 Å². The quantitative estimate of drug-likeness (QED) is 0.757. The maximum absolute atomic E-state index is 12.6. The maximum atomic E-state index is 12.6. The minimum absolute atomic E-state index is 0.267. The van der Waals surface area contributed by atoms with Gasteiger partial charge in [0.05, 0.1) is 22.5 Å². The van der Waals surface area contributed by atoms with E-state index in [1.807, 2.05) is 6.92 Å². The van der Waals surface area contributed by atoms with Crippen LogP contribution in [0.2, 0.25) is 0 Å². The van der Waals surface area contributed by atoms with Crippen molar-refractivity contribution in [3.63, 3.8) is 0 Å². The van der Waals surface area contributed by atoms with Gasteiger partial charge in [-0.15, -0.1) is 0 Å². The average Bonchev–Trinajstić information content (AvgIpc) is 2.87. The van der Waals surface area contributed by atoms with Crippen molar-refractivity contribution in [3.05, 3.63) is 58.4 Å². The summed E-state index contributed by atoms with van der Waals surface area (Å²) in [4.78, 5) is 16.9. The van der Waals surface area contributed by atoms with Crippen molar-refractivity contribution >= 4 is 16.9 Å². The molecule has 0 aliphatic heterocycles. The molecular weight excluding hydrogens is 357 g/mol. The van der Waals surface area contributed by atoms with Gasteiger partial charge in [0.2, 0.25) is 0 Å². The lowest BCUT2D eigenvalue weighted by Gasteiger charge is -2.09. The van der Waals surface area contributed by atoms with Gasteiger partial charge >= 0.3 is 6.18 Å². The van der Waals surface area contributed by atoms with Crippen LogP contribution in [0.25, 0.3) is 11.0 Å². The van der Waals surface area contributed by atoms with Gasteiger partial charge < -0.3 is 5.32 Å². The summed E-state index contributed by atoms with van der Waals surface area (Å²) in [6.07, 6.45) is -3.91. The van der Waals surface area contributed by atoms with Gasteiger partial charge in [0.25, 0.3) is 5.91 Å².